The molecule has 238 valence electrons. The highest BCUT2D eigenvalue weighted by Crippen LogP contribution is 2.36. The normalized spacial score (nSPS) is 17.6. The van der Waals surface area contributed by atoms with Gasteiger partial charge in [-0.2, -0.15) is 0 Å². The Kier molecular flexibility index (Phi) is 9.48. The molecule has 13 heteroatoms. The number of amides is 5. The Bertz CT molecular complexity index is 1550. The van der Waals surface area contributed by atoms with Crippen molar-refractivity contribution in [1.29, 1.82) is 0 Å². The van der Waals surface area contributed by atoms with Crippen molar-refractivity contribution in [2.45, 2.75) is 26.0 Å². The number of hydrogen-bond acceptors (Lipinski definition) is 8. The molecule has 0 aliphatic carbocycles. The smallest absolute Gasteiger partial charge is 0.323 e. The number of nitrogens with one attached hydrogen (secondary N) is 3. The number of likely N-dealkylation sites (N-methyl/N-ethyl adjacent to an activating group) is 1. The van der Waals surface area contributed by atoms with Crippen LogP contribution < -0.4 is 34.9 Å². The van der Waals surface area contributed by atoms with Crippen molar-refractivity contribution in [2.75, 3.05) is 56.6 Å². The van der Waals surface area contributed by atoms with Crippen LogP contribution in [0.2, 0.25) is 0 Å². The van der Waals surface area contributed by atoms with Crippen molar-refractivity contribution in [2.24, 2.45) is 5.92 Å². The molecule has 0 spiro atoms. The quantitative estimate of drug-likeness (QED) is 0.289. The Balaban J connectivity index is 1.38. The third kappa shape index (κ3) is 7.15. The van der Waals surface area contributed by atoms with E-state index in [1.165, 1.54) is 4.90 Å². The number of carbonyl (C=O) groups is 3. The number of para-hydroxylation sites is 1. The van der Waals surface area contributed by atoms with E-state index in [1.807, 2.05) is 6.92 Å². The molecule has 3 atom stereocenters. The number of carbonyl (C=O) groups excluding carboxylic acids is 3. The number of aliphatic hydroxyl groups is 1. The summed E-state index contributed by atoms with van der Waals surface area (Å²) in [7, 11) is 3.20. The first-order valence-electron chi connectivity index (χ1n) is 14.5. The summed E-state index contributed by atoms with van der Waals surface area (Å²) in [5, 5.41) is 18.4. The van der Waals surface area contributed by atoms with E-state index in [2.05, 4.69) is 16.0 Å². The fraction of sp³-hybridized carbons (Fsp3) is 0.344. The molecule has 0 aromatic heterocycles. The summed E-state index contributed by atoms with van der Waals surface area (Å²) < 4.78 is 22.4. The van der Waals surface area contributed by atoms with Gasteiger partial charge in [0.25, 0.3) is 5.91 Å². The van der Waals surface area contributed by atoms with Gasteiger partial charge < -0.3 is 49.8 Å². The summed E-state index contributed by atoms with van der Waals surface area (Å²) in [6, 6.07) is 15.5. The molecule has 3 aromatic carbocycles. The number of methoxy groups -OCH3 is 1. The maximum Gasteiger partial charge on any atom is 0.323 e. The molecule has 13 nitrogen and oxygen atoms in total. The van der Waals surface area contributed by atoms with Gasteiger partial charge in [-0.3, -0.25) is 4.79 Å². The number of anilines is 3. The van der Waals surface area contributed by atoms with E-state index in [0.29, 0.717) is 28.6 Å². The minimum absolute atomic E-state index is 0.124. The van der Waals surface area contributed by atoms with E-state index in [0.717, 1.165) is 0 Å². The zero-order valence-corrected chi connectivity index (χ0v) is 25.5. The SMILES string of the molecule is COc1ccc(NC(=O)Nc2cccc3c2O[C@H](CN(C)C(=O)Nc2ccc4c(c2)OCO4)[C@@H](C)CN([C@H](C)CO)C3=O)cc1. The Morgan fingerprint density at radius 3 is 2.51 bits per heavy atom. The number of ether oxygens (including phenoxy) is 4. The number of benzene rings is 3. The molecule has 2 aliphatic rings. The van der Waals surface area contributed by atoms with Gasteiger partial charge in [0.2, 0.25) is 6.79 Å². The van der Waals surface area contributed by atoms with Crippen molar-refractivity contribution in [3.05, 3.63) is 66.2 Å². The van der Waals surface area contributed by atoms with Crippen molar-refractivity contribution in [1.82, 2.24) is 9.80 Å². The lowest BCUT2D eigenvalue weighted by atomic mass is 9.99. The molecule has 5 rings (SSSR count). The molecular weight excluding hydrogens is 582 g/mol. The van der Waals surface area contributed by atoms with E-state index < -0.39 is 18.2 Å². The predicted octanol–water partition coefficient (Wildman–Crippen LogP) is 4.45. The number of hydrogen-bond donors (Lipinski definition) is 4. The average Bonchev–Trinajstić information content (AvgIpc) is 3.51. The van der Waals surface area contributed by atoms with Crippen LogP contribution in [0.15, 0.2) is 60.7 Å². The molecule has 5 amide bonds. The number of urea groups is 2. The Morgan fingerprint density at radius 1 is 1.04 bits per heavy atom. The van der Waals surface area contributed by atoms with E-state index in [-0.39, 0.29) is 61.3 Å². The maximum atomic E-state index is 13.7. The lowest BCUT2D eigenvalue weighted by Gasteiger charge is -2.38. The molecule has 3 aromatic rings. The molecular formula is C32H37N5O8. The number of aliphatic hydroxyl groups excluding tert-OH is 1. The van der Waals surface area contributed by atoms with Crippen LogP contribution in [0, 0.1) is 5.92 Å². The molecule has 2 aliphatic heterocycles. The zero-order chi connectivity index (χ0) is 32.1. The van der Waals surface area contributed by atoms with Gasteiger partial charge in [-0.15, -0.1) is 0 Å². The van der Waals surface area contributed by atoms with Gasteiger partial charge in [-0.25, -0.2) is 9.59 Å². The summed E-state index contributed by atoms with van der Waals surface area (Å²) in [4.78, 5) is 43.0. The van der Waals surface area contributed by atoms with Crippen molar-refractivity contribution in [3.63, 3.8) is 0 Å². The molecule has 0 saturated carbocycles. The van der Waals surface area contributed by atoms with Crippen LogP contribution in [0.4, 0.5) is 26.7 Å². The topological polar surface area (TPSA) is 151 Å². The highest BCUT2D eigenvalue weighted by Gasteiger charge is 2.35. The monoisotopic (exact) mass is 619 g/mol. The van der Waals surface area contributed by atoms with Crippen LogP contribution >= 0.6 is 0 Å². The average molecular weight is 620 g/mol. The fourth-order valence-corrected chi connectivity index (χ4v) is 5.06. The summed E-state index contributed by atoms with van der Waals surface area (Å²) in [5.41, 5.74) is 1.57. The van der Waals surface area contributed by atoms with Gasteiger partial charge >= 0.3 is 12.1 Å². The molecule has 0 saturated heterocycles. The number of nitrogens with zero attached hydrogens (tertiary/aromatic N) is 2. The molecule has 4 N–H and O–H groups in total. The third-order valence-electron chi connectivity index (χ3n) is 7.71. The molecule has 0 unspecified atom stereocenters. The van der Waals surface area contributed by atoms with Gasteiger partial charge in [0.05, 0.1) is 37.6 Å². The summed E-state index contributed by atoms with van der Waals surface area (Å²) in [6.07, 6.45) is -0.592. The first-order chi connectivity index (χ1) is 21.7. The highest BCUT2D eigenvalue weighted by molar-refractivity contribution is 6.04. The van der Waals surface area contributed by atoms with Crippen molar-refractivity contribution >= 4 is 35.0 Å². The van der Waals surface area contributed by atoms with Gasteiger partial charge in [0.1, 0.15) is 11.9 Å². The molecule has 0 fully saturated rings. The van der Waals surface area contributed by atoms with Crippen LogP contribution in [0.5, 0.6) is 23.0 Å². The van der Waals surface area contributed by atoms with E-state index in [9.17, 15) is 19.5 Å². The van der Waals surface area contributed by atoms with Crippen molar-refractivity contribution < 1.29 is 38.4 Å². The van der Waals surface area contributed by atoms with E-state index in [4.69, 9.17) is 18.9 Å². The first-order valence-corrected chi connectivity index (χ1v) is 14.5. The maximum absolute atomic E-state index is 13.7. The van der Waals surface area contributed by atoms with Crippen LogP contribution in [0.1, 0.15) is 24.2 Å². The Hall–Kier alpha value is -5.17. The van der Waals surface area contributed by atoms with E-state index in [1.54, 1.807) is 86.6 Å². The molecule has 0 radical (unpaired) electrons. The fourth-order valence-electron chi connectivity index (χ4n) is 5.06. The predicted molar refractivity (Wildman–Crippen MR) is 167 cm³/mol. The van der Waals surface area contributed by atoms with E-state index >= 15 is 0 Å². The Labute approximate surface area is 261 Å². The molecule has 2 heterocycles. The lowest BCUT2D eigenvalue weighted by molar-refractivity contribution is 0.0373. The van der Waals surface area contributed by atoms with Gasteiger partial charge in [0.15, 0.2) is 17.2 Å². The summed E-state index contributed by atoms with van der Waals surface area (Å²) in [6.45, 7) is 3.99. The summed E-state index contributed by atoms with van der Waals surface area (Å²) in [5.74, 6) is 1.36. The highest BCUT2D eigenvalue weighted by atomic mass is 16.7. The van der Waals surface area contributed by atoms with Crippen LogP contribution in [0.25, 0.3) is 0 Å². The van der Waals surface area contributed by atoms with Crippen LogP contribution in [-0.4, -0.2) is 85.7 Å². The Morgan fingerprint density at radius 2 is 1.78 bits per heavy atom. The minimum Gasteiger partial charge on any atom is -0.497 e. The largest absolute Gasteiger partial charge is 0.497 e. The summed E-state index contributed by atoms with van der Waals surface area (Å²) >= 11 is 0. The standard InChI is InChI=1S/C32H37N5O8/c1-19-15-37(20(2)17-38)30(39)24-6-5-7-25(35-31(40)33-21-8-11-23(42-4)12-9-21)29(24)45-28(19)16-36(3)32(41)34-22-10-13-26-27(14-22)44-18-43-26/h5-14,19-20,28,38H,15-18H2,1-4H3,(H,34,41)(H2,33,35,40)/t19-,20+,28+/m0/s1. The first kappa shape index (κ1) is 31.3. The van der Waals surface area contributed by atoms with Gasteiger partial charge in [0, 0.05) is 37.0 Å². The second-order valence-corrected chi connectivity index (χ2v) is 11.0. The van der Waals surface area contributed by atoms with Crippen LogP contribution in [0.3, 0.4) is 0 Å². The molecule has 45 heavy (non-hydrogen) atoms. The second-order valence-electron chi connectivity index (χ2n) is 11.0. The second kappa shape index (κ2) is 13.6. The van der Waals surface area contributed by atoms with Gasteiger partial charge in [-0.1, -0.05) is 13.0 Å². The lowest BCUT2D eigenvalue weighted by Crippen LogP contribution is -2.50. The third-order valence-corrected chi connectivity index (χ3v) is 7.71. The van der Waals surface area contributed by atoms with Crippen molar-refractivity contribution in [3.8, 4) is 23.0 Å². The number of fused-ring (bicyclic) bond motifs is 2. The van der Waals surface area contributed by atoms with Crippen LogP contribution in [-0.2, 0) is 0 Å². The molecule has 0 bridgehead atoms. The number of rotatable bonds is 8. The van der Waals surface area contributed by atoms with Gasteiger partial charge in [-0.05, 0) is 55.5 Å². The zero-order valence-electron chi connectivity index (χ0n) is 25.5. The minimum atomic E-state index is -0.592.